The molecule has 0 unspecified atom stereocenters. The van der Waals surface area contributed by atoms with E-state index in [1.165, 1.54) is 38.4 Å². The average molecular weight is 276 g/mol. The maximum Gasteiger partial charge on any atom is 0.147 e. The molecule has 4 heteroatoms. The number of carbonyl (C=O) groups is 1. The molecule has 0 aliphatic carbocycles. The topological polar surface area (TPSA) is 51.2 Å². The van der Waals surface area contributed by atoms with Crippen molar-refractivity contribution in [3.05, 3.63) is 0 Å². The van der Waals surface area contributed by atoms with Crippen LogP contribution in [0.2, 0.25) is 0 Å². The van der Waals surface area contributed by atoms with E-state index < -0.39 is 9.84 Å². The van der Waals surface area contributed by atoms with E-state index in [0.29, 0.717) is 19.3 Å². The zero-order chi connectivity index (χ0) is 13.9. The van der Waals surface area contributed by atoms with Crippen molar-refractivity contribution in [3.8, 4) is 0 Å². The minimum absolute atomic E-state index is 0.135. The molecule has 0 heterocycles. The number of ketones is 1. The first-order chi connectivity index (χ1) is 8.45. The van der Waals surface area contributed by atoms with Gasteiger partial charge in [-0.2, -0.15) is 0 Å². The van der Waals surface area contributed by atoms with Gasteiger partial charge in [0.05, 0.1) is 5.75 Å². The molecule has 0 amide bonds. The van der Waals surface area contributed by atoms with Gasteiger partial charge in [0.25, 0.3) is 0 Å². The van der Waals surface area contributed by atoms with Gasteiger partial charge >= 0.3 is 0 Å². The average Bonchev–Trinajstić information content (AvgIpc) is 2.26. The SMILES string of the molecule is CCCCCCCCCC(=O)CCCS(C)(=O)=O. The maximum absolute atomic E-state index is 11.5. The van der Waals surface area contributed by atoms with Gasteiger partial charge in [-0.15, -0.1) is 0 Å². The van der Waals surface area contributed by atoms with E-state index in [9.17, 15) is 13.2 Å². The largest absolute Gasteiger partial charge is 0.300 e. The van der Waals surface area contributed by atoms with Crippen LogP contribution in [0, 0.1) is 0 Å². The fraction of sp³-hybridized carbons (Fsp3) is 0.929. The lowest BCUT2D eigenvalue weighted by Gasteiger charge is -2.02. The van der Waals surface area contributed by atoms with Crippen molar-refractivity contribution in [3.63, 3.8) is 0 Å². The van der Waals surface area contributed by atoms with Crippen LogP contribution in [-0.2, 0) is 14.6 Å². The van der Waals surface area contributed by atoms with Crippen LogP contribution in [-0.4, -0.2) is 26.2 Å². The molecule has 0 aliphatic heterocycles. The summed E-state index contributed by atoms with van der Waals surface area (Å²) in [6.07, 6.45) is 11.2. The molecule has 0 fully saturated rings. The first kappa shape index (κ1) is 17.6. The van der Waals surface area contributed by atoms with E-state index >= 15 is 0 Å². The van der Waals surface area contributed by atoms with Gasteiger partial charge in [-0.25, -0.2) is 8.42 Å². The van der Waals surface area contributed by atoms with Crippen LogP contribution < -0.4 is 0 Å². The minimum atomic E-state index is -2.91. The summed E-state index contributed by atoms with van der Waals surface area (Å²) in [7, 11) is -2.91. The van der Waals surface area contributed by atoms with Crippen LogP contribution in [0.3, 0.4) is 0 Å². The van der Waals surface area contributed by atoms with Gasteiger partial charge in [0.1, 0.15) is 15.6 Å². The van der Waals surface area contributed by atoms with Crippen molar-refractivity contribution in [2.75, 3.05) is 12.0 Å². The fourth-order valence-electron chi connectivity index (χ4n) is 1.94. The summed E-state index contributed by atoms with van der Waals surface area (Å²) in [5.41, 5.74) is 0. The maximum atomic E-state index is 11.5. The second-order valence-electron chi connectivity index (χ2n) is 5.14. The van der Waals surface area contributed by atoms with Crippen LogP contribution in [0.1, 0.15) is 71.1 Å². The van der Waals surface area contributed by atoms with Gasteiger partial charge in [-0.1, -0.05) is 45.4 Å². The summed E-state index contributed by atoms with van der Waals surface area (Å²) in [4.78, 5) is 11.5. The lowest BCUT2D eigenvalue weighted by atomic mass is 10.1. The number of hydrogen-bond acceptors (Lipinski definition) is 3. The molecule has 0 radical (unpaired) electrons. The van der Waals surface area contributed by atoms with Gasteiger partial charge < -0.3 is 0 Å². The summed E-state index contributed by atoms with van der Waals surface area (Å²) < 4.78 is 21.8. The molecular weight excluding hydrogens is 248 g/mol. The molecule has 108 valence electrons. The van der Waals surface area contributed by atoms with E-state index in [0.717, 1.165) is 12.8 Å². The van der Waals surface area contributed by atoms with Gasteiger partial charge in [0.2, 0.25) is 0 Å². The second kappa shape index (κ2) is 10.5. The highest BCUT2D eigenvalue weighted by atomic mass is 32.2. The molecule has 0 aromatic rings. The lowest BCUT2D eigenvalue weighted by molar-refractivity contribution is -0.119. The third-order valence-corrected chi connectivity index (χ3v) is 4.06. The molecule has 0 rings (SSSR count). The van der Waals surface area contributed by atoms with Crippen molar-refractivity contribution in [2.24, 2.45) is 0 Å². The van der Waals surface area contributed by atoms with Crippen LogP contribution >= 0.6 is 0 Å². The molecule has 3 nitrogen and oxygen atoms in total. The van der Waals surface area contributed by atoms with E-state index in [4.69, 9.17) is 0 Å². The van der Waals surface area contributed by atoms with Gasteiger partial charge in [-0.05, 0) is 12.8 Å². The molecule has 0 aromatic heterocycles. The number of hydrogen-bond donors (Lipinski definition) is 0. The summed E-state index contributed by atoms with van der Waals surface area (Å²) in [6.45, 7) is 2.20. The number of Topliss-reactive ketones (excluding diaryl/α,β-unsaturated/α-hetero) is 1. The highest BCUT2D eigenvalue weighted by Crippen LogP contribution is 2.09. The molecule has 0 aliphatic rings. The van der Waals surface area contributed by atoms with Gasteiger partial charge in [-0.3, -0.25) is 4.79 Å². The van der Waals surface area contributed by atoms with Gasteiger partial charge in [0.15, 0.2) is 0 Å². The molecule has 0 saturated heterocycles. The predicted molar refractivity (Wildman–Crippen MR) is 76.6 cm³/mol. The van der Waals surface area contributed by atoms with Gasteiger partial charge in [0, 0.05) is 19.1 Å². The lowest BCUT2D eigenvalue weighted by Crippen LogP contribution is -2.06. The summed E-state index contributed by atoms with van der Waals surface area (Å²) >= 11 is 0. The van der Waals surface area contributed by atoms with Crippen molar-refractivity contribution in [1.82, 2.24) is 0 Å². The molecular formula is C14H28O3S. The monoisotopic (exact) mass is 276 g/mol. The zero-order valence-corrected chi connectivity index (χ0v) is 12.7. The first-order valence-corrected chi connectivity index (χ1v) is 9.21. The molecule has 0 bridgehead atoms. The number of rotatable bonds is 12. The molecule has 0 atom stereocenters. The molecule has 0 saturated carbocycles. The Bertz CT molecular complexity index is 307. The zero-order valence-electron chi connectivity index (χ0n) is 11.9. The number of sulfone groups is 1. The van der Waals surface area contributed by atoms with Crippen LogP contribution in [0.4, 0.5) is 0 Å². The Morgan fingerprint density at radius 2 is 1.33 bits per heavy atom. The Labute approximate surface area is 112 Å². The highest BCUT2D eigenvalue weighted by Gasteiger charge is 2.06. The quantitative estimate of drug-likeness (QED) is 0.512. The molecule has 18 heavy (non-hydrogen) atoms. The Kier molecular flexibility index (Phi) is 10.3. The smallest absolute Gasteiger partial charge is 0.147 e. The first-order valence-electron chi connectivity index (χ1n) is 7.15. The Morgan fingerprint density at radius 1 is 0.833 bits per heavy atom. The number of carbonyl (C=O) groups excluding carboxylic acids is 1. The second-order valence-corrected chi connectivity index (χ2v) is 7.40. The standard InChI is InChI=1S/C14H28O3S/c1-3-4-5-6-7-8-9-11-14(15)12-10-13-18(2,16)17/h3-13H2,1-2H3. The van der Waals surface area contributed by atoms with E-state index in [1.54, 1.807) is 0 Å². The van der Waals surface area contributed by atoms with Crippen molar-refractivity contribution >= 4 is 15.6 Å². The Balaban J connectivity index is 3.32. The van der Waals surface area contributed by atoms with Crippen LogP contribution in [0.15, 0.2) is 0 Å². The third kappa shape index (κ3) is 13.7. The summed E-state index contributed by atoms with van der Waals surface area (Å²) in [6, 6.07) is 0. The summed E-state index contributed by atoms with van der Waals surface area (Å²) in [5, 5.41) is 0. The predicted octanol–water partition coefficient (Wildman–Crippen LogP) is 3.52. The van der Waals surface area contributed by atoms with Crippen molar-refractivity contribution in [1.29, 1.82) is 0 Å². The molecule has 0 N–H and O–H groups in total. The van der Waals surface area contributed by atoms with Crippen LogP contribution in [0.5, 0.6) is 0 Å². The highest BCUT2D eigenvalue weighted by molar-refractivity contribution is 7.90. The normalized spacial score (nSPS) is 11.7. The number of unbranched alkanes of at least 4 members (excludes halogenated alkanes) is 6. The van der Waals surface area contributed by atoms with E-state index in [-0.39, 0.29) is 11.5 Å². The Morgan fingerprint density at radius 3 is 1.89 bits per heavy atom. The molecule has 0 spiro atoms. The Hall–Kier alpha value is -0.380. The van der Waals surface area contributed by atoms with E-state index in [2.05, 4.69) is 6.92 Å². The minimum Gasteiger partial charge on any atom is -0.300 e. The fourth-order valence-corrected chi connectivity index (χ4v) is 2.60. The summed E-state index contributed by atoms with van der Waals surface area (Å²) in [5.74, 6) is 0.350. The van der Waals surface area contributed by atoms with Crippen molar-refractivity contribution < 1.29 is 13.2 Å². The van der Waals surface area contributed by atoms with Crippen LogP contribution in [0.25, 0.3) is 0 Å². The van der Waals surface area contributed by atoms with Crippen molar-refractivity contribution in [2.45, 2.75) is 71.1 Å². The van der Waals surface area contributed by atoms with E-state index in [1.807, 2.05) is 0 Å². The molecule has 0 aromatic carbocycles. The third-order valence-electron chi connectivity index (χ3n) is 3.03.